The van der Waals surface area contributed by atoms with E-state index in [-0.39, 0.29) is 11.2 Å². The normalized spacial score (nSPS) is 91.2. The van der Waals surface area contributed by atoms with E-state index in [1.54, 1.807) is 12.1 Å². The van der Waals surface area contributed by atoms with Gasteiger partial charge in [-0.3, -0.25) is 0 Å². The first-order valence-corrected chi connectivity index (χ1v) is 15.2. The molecule has 10 aliphatic rings. The first-order valence-electron chi connectivity index (χ1n) is 8.92. The van der Waals surface area contributed by atoms with E-state index in [0.717, 1.165) is 15.4 Å². The summed E-state index contributed by atoms with van der Waals surface area (Å²) in [7, 11) is 0. The number of aromatic hydroxyl groups is 1. The number of benzene rings is 1. The Balaban J connectivity index is 1.37. The Morgan fingerprint density at radius 2 is 1.65 bits per heavy atom. The minimum atomic E-state index is -3.28. The van der Waals surface area contributed by atoms with Crippen molar-refractivity contribution >= 4 is 11.0 Å². The molecular formula is C19H14FeO3. The molecule has 0 aliphatic carbocycles. The predicted octanol–water partition coefficient (Wildman–Crippen LogP) is 4.29. The first kappa shape index (κ1) is 8.73. The van der Waals surface area contributed by atoms with Gasteiger partial charge in [-0.2, -0.15) is 0 Å². The standard InChI is InChI=1S/C14H9O3.C5H5.Fe/c15-10-6-3-7-12-14(10)11(16)8-13(17-12)9-4-1-2-5-9;1-2-4-5-3-1;/h1-8,15H;1-5H;. The fourth-order valence-electron chi connectivity index (χ4n) is 18.2. The molecule has 2 aromatic rings. The molecule has 1 aromatic carbocycles. The third-order valence-corrected chi connectivity index (χ3v) is 59.1. The van der Waals surface area contributed by atoms with Crippen LogP contribution in [0.15, 0.2) is 33.5 Å². The molecular weight excluding hydrogens is 332 g/mol. The molecule has 10 aliphatic heterocycles. The number of hydrogen-bond donors (Lipinski definition) is 1. The van der Waals surface area contributed by atoms with Crippen LogP contribution in [0.1, 0.15) is 5.76 Å². The summed E-state index contributed by atoms with van der Waals surface area (Å²) in [6.07, 6.45) is 0. The van der Waals surface area contributed by atoms with Gasteiger partial charge in [-0.15, -0.1) is 0 Å². The Labute approximate surface area is 121 Å². The molecule has 11 heterocycles. The van der Waals surface area contributed by atoms with Crippen LogP contribution in [0, 0.1) is 0 Å². The van der Waals surface area contributed by atoms with E-state index in [9.17, 15) is 9.90 Å². The van der Waals surface area contributed by atoms with Crippen LogP contribution in [0.4, 0.5) is 0 Å². The molecule has 23 heavy (non-hydrogen) atoms. The van der Waals surface area contributed by atoms with Gasteiger partial charge in [0, 0.05) is 0 Å². The molecule has 1 spiro atoms. The zero-order valence-electron chi connectivity index (χ0n) is 12.1. The van der Waals surface area contributed by atoms with Crippen LogP contribution < -0.4 is 5.43 Å². The molecule has 116 valence electrons. The number of hydrogen-bond acceptors (Lipinski definition) is 3. The summed E-state index contributed by atoms with van der Waals surface area (Å²) in [6, 6.07) is 7.07. The van der Waals surface area contributed by atoms with Gasteiger partial charge in [0.25, 0.3) is 0 Å². The molecule has 4 atom stereocenters. The van der Waals surface area contributed by atoms with Crippen LogP contribution in [0.3, 0.4) is 0 Å². The van der Waals surface area contributed by atoms with Gasteiger partial charge in [-0.1, -0.05) is 0 Å². The van der Waals surface area contributed by atoms with Crippen molar-refractivity contribution in [3.63, 3.8) is 0 Å². The number of phenolic OH excluding ortho intramolecular Hbond substituents is 1. The zero-order chi connectivity index (χ0) is 14.4. The molecule has 0 radical (unpaired) electrons. The maximum absolute atomic E-state index is 12.7. The topological polar surface area (TPSA) is 50.4 Å². The van der Waals surface area contributed by atoms with Gasteiger partial charge in [-0.25, -0.2) is 0 Å². The minimum absolute atomic E-state index is 0.0182. The van der Waals surface area contributed by atoms with Crippen molar-refractivity contribution in [2.75, 3.05) is 0 Å². The number of phenols is 1. The first-order chi connectivity index (χ1) is 10.9. The summed E-state index contributed by atoms with van der Waals surface area (Å²) in [6.45, 7) is -3.28. The average Bonchev–Trinajstić information content (AvgIpc) is 3.47. The van der Waals surface area contributed by atoms with Gasteiger partial charge in [0.2, 0.25) is 0 Å². The summed E-state index contributed by atoms with van der Waals surface area (Å²) in [4.78, 5) is 23.5. The van der Waals surface area contributed by atoms with Gasteiger partial charge in [0.1, 0.15) is 0 Å². The van der Waals surface area contributed by atoms with Crippen LogP contribution in [-0.2, 0) is 10.8 Å². The Kier molecular flexibility index (Phi) is 0.328. The van der Waals surface area contributed by atoms with E-state index in [2.05, 4.69) is 0 Å². The van der Waals surface area contributed by atoms with E-state index < -0.39 is 6.51 Å². The van der Waals surface area contributed by atoms with E-state index >= 15 is 0 Å². The Hall–Kier alpha value is -1.25. The van der Waals surface area contributed by atoms with Crippen molar-refractivity contribution in [3.8, 4) is 5.75 Å². The summed E-state index contributed by atoms with van der Waals surface area (Å²) >= 11 is 0. The predicted molar refractivity (Wildman–Crippen MR) is 79.6 cm³/mol. The van der Waals surface area contributed by atoms with Gasteiger partial charge < -0.3 is 0 Å². The Bertz CT molecular complexity index is 1510. The molecule has 1 N–H and O–H groups in total. The van der Waals surface area contributed by atoms with Crippen molar-refractivity contribution in [3.05, 3.63) is 40.2 Å². The van der Waals surface area contributed by atoms with Gasteiger partial charge in [0.05, 0.1) is 0 Å². The van der Waals surface area contributed by atoms with E-state index in [0.29, 0.717) is 15.3 Å². The zero-order valence-corrected chi connectivity index (χ0v) is 13.2. The monoisotopic (exact) mass is 346 g/mol. The van der Waals surface area contributed by atoms with Crippen molar-refractivity contribution in [2.24, 2.45) is 0 Å². The van der Waals surface area contributed by atoms with Crippen molar-refractivity contribution in [2.45, 2.75) is 47.7 Å². The number of fused-ring (bicyclic) bond motifs is 11. The molecule has 0 amide bonds. The number of rotatable bonds is 1. The molecule has 3 nitrogen and oxygen atoms in total. The van der Waals surface area contributed by atoms with Crippen LogP contribution >= 0.6 is 0 Å². The Morgan fingerprint density at radius 1 is 1.00 bits per heavy atom. The molecule has 0 bridgehead atoms. The summed E-state index contributed by atoms with van der Waals surface area (Å²) in [5, 5.41) is 10.4. The van der Waals surface area contributed by atoms with Gasteiger partial charge >= 0.3 is 121 Å². The van der Waals surface area contributed by atoms with Crippen molar-refractivity contribution in [1.29, 1.82) is 0 Å². The molecule has 12 rings (SSSR count). The maximum atomic E-state index is 12.7. The average molecular weight is 346 g/mol. The molecule has 4 unspecified atom stereocenters. The molecule has 4 heteroatoms. The van der Waals surface area contributed by atoms with E-state index in [1.165, 1.54) is 33.7 Å². The van der Waals surface area contributed by atoms with Gasteiger partial charge in [-0.05, 0) is 0 Å². The third kappa shape index (κ3) is 0.123. The van der Waals surface area contributed by atoms with E-state index in [1.807, 2.05) is 12.1 Å². The second-order valence-corrected chi connectivity index (χ2v) is 35.9. The molecule has 1 aromatic heterocycles. The van der Waals surface area contributed by atoms with E-state index in [4.69, 9.17) is 4.42 Å². The molecule has 10 fully saturated rings. The molecule has 0 saturated carbocycles. The fraction of sp³-hybridized carbons (Fsp3) is 0.526. The SMILES string of the molecule is O=c1cc([C]23[CH]4[CH]5[CH]6[CH]2[Fe]56432789[CH]3[CH]2[CH]7[CH]8[CH]39)oc2cccc(O)c12. The Morgan fingerprint density at radius 3 is 2.17 bits per heavy atom. The quantitative estimate of drug-likeness (QED) is 0.784. The van der Waals surface area contributed by atoms with Gasteiger partial charge in [0.15, 0.2) is 0 Å². The van der Waals surface area contributed by atoms with Crippen LogP contribution in [0.5, 0.6) is 5.75 Å². The summed E-state index contributed by atoms with van der Waals surface area (Å²) in [5.41, 5.74) is 0.596. The van der Waals surface area contributed by atoms with Crippen LogP contribution in [0.2, 0.25) is 43.3 Å². The van der Waals surface area contributed by atoms with Crippen molar-refractivity contribution in [1.82, 2.24) is 0 Å². The second-order valence-electron chi connectivity index (χ2n) is 12.3. The second kappa shape index (κ2) is 0.865. The molecule has 10 saturated heterocycles. The summed E-state index contributed by atoms with van der Waals surface area (Å²) in [5.74, 6) is 1.17. The van der Waals surface area contributed by atoms with Crippen molar-refractivity contribution < 1.29 is 16.0 Å². The van der Waals surface area contributed by atoms with Crippen LogP contribution in [-0.4, -0.2) is 5.11 Å². The summed E-state index contributed by atoms with van der Waals surface area (Å²) < 4.78 is 6.89. The van der Waals surface area contributed by atoms with Crippen LogP contribution in [0.25, 0.3) is 11.0 Å². The fourth-order valence-corrected chi connectivity index (χ4v) is 92.1. The third-order valence-electron chi connectivity index (χ3n) is 16.8.